The molecule has 5 heteroatoms. The molecule has 0 aliphatic rings. The number of halogens is 2. The Hall–Kier alpha value is -0.580. The Kier molecular flexibility index (Phi) is 4.38. The molecular formula is C9H10BrClN2O. The first-order valence-electron chi connectivity index (χ1n) is 4.03. The Morgan fingerprint density at radius 3 is 2.86 bits per heavy atom. The van der Waals surface area contributed by atoms with E-state index in [1.165, 1.54) is 0 Å². The number of hydrogen-bond acceptors (Lipinski definition) is 2. The molecule has 1 amide bonds. The number of nitrogens with one attached hydrogen (secondary N) is 2. The summed E-state index contributed by atoms with van der Waals surface area (Å²) >= 11 is 9.07. The van der Waals surface area contributed by atoms with Crippen LogP contribution in [0.25, 0.3) is 0 Å². The number of anilines is 1. The van der Waals surface area contributed by atoms with Gasteiger partial charge in [0.1, 0.15) is 0 Å². The smallest absolute Gasteiger partial charge is 0.238 e. The number of rotatable bonds is 3. The highest BCUT2D eigenvalue weighted by atomic mass is 79.9. The van der Waals surface area contributed by atoms with Crippen LogP contribution in [0.15, 0.2) is 22.7 Å². The molecule has 0 saturated heterocycles. The molecule has 1 rings (SSSR count). The summed E-state index contributed by atoms with van der Waals surface area (Å²) in [7, 11) is 1.72. The maximum Gasteiger partial charge on any atom is 0.238 e. The monoisotopic (exact) mass is 276 g/mol. The first kappa shape index (κ1) is 11.5. The van der Waals surface area contributed by atoms with Gasteiger partial charge in [0, 0.05) is 9.50 Å². The SMILES string of the molecule is CNCC(=O)Nc1ccc(Cl)cc1Br. The molecule has 0 spiro atoms. The maximum atomic E-state index is 11.2. The molecule has 0 aliphatic carbocycles. The summed E-state index contributed by atoms with van der Waals surface area (Å²) in [6.07, 6.45) is 0. The van der Waals surface area contributed by atoms with Gasteiger partial charge < -0.3 is 10.6 Å². The van der Waals surface area contributed by atoms with Gasteiger partial charge in [0.15, 0.2) is 0 Å². The van der Waals surface area contributed by atoms with E-state index in [0.717, 1.165) is 10.2 Å². The Morgan fingerprint density at radius 2 is 2.29 bits per heavy atom. The molecule has 0 heterocycles. The highest BCUT2D eigenvalue weighted by Crippen LogP contribution is 2.25. The summed E-state index contributed by atoms with van der Waals surface area (Å²) < 4.78 is 0.773. The molecule has 0 bridgehead atoms. The van der Waals surface area contributed by atoms with E-state index in [4.69, 9.17) is 11.6 Å². The average Bonchev–Trinajstić information content (AvgIpc) is 2.10. The summed E-state index contributed by atoms with van der Waals surface area (Å²) in [5.41, 5.74) is 0.717. The second kappa shape index (κ2) is 5.34. The molecule has 0 aromatic heterocycles. The van der Waals surface area contributed by atoms with Crippen LogP contribution in [0.1, 0.15) is 0 Å². The number of benzene rings is 1. The number of hydrogen-bond donors (Lipinski definition) is 2. The Balaban J connectivity index is 2.72. The van der Waals surface area contributed by atoms with Gasteiger partial charge in [-0.2, -0.15) is 0 Å². The third-order valence-electron chi connectivity index (χ3n) is 1.54. The van der Waals surface area contributed by atoms with Gasteiger partial charge in [-0.1, -0.05) is 11.6 Å². The van der Waals surface area contributed by atoms with Crippen LogP contribution in [-0.2, 0) is 4.79 Å². The van der Waals surface area contributed by atoms with Gasteiger partial charge in [0.05, 0.1) is 12.2 Å². The van der Waals surface area contributed by atoms with Gasteiger partial charge in [-0.15, -0.1) is 0 Å². The molecule has 0 radical (unpaired) electrons. The Labute approximate surface area is 96.0 Å². The van der Waals surface area contributed by atoms with Gasteiger partial charge in [-0.05, 0) is 41.2 Å². The standard InChI is InChI=1S/C9H10BrClN2O/c1-12-5-9(14)13-8-3-2-6(11)4-7(8)10/h2-4,12H,5H2,1H3,(H,13,14). The zero-order chi connectivity index (χ0) is 10.6. The fourth-order valence-electron chi connectivity index (χ4n) is 0.946. The van der Waals surface area contributed by atoms with E-state index in [0.29, 0.717) is 5.02 Å². The van der Waals surface area contributed by atoms with Crippen LogP contribution in [-0.4, -0.2) is 19.5 Å². The van der Waals surface area contributed by atoms with Gasteiger partial charge in [-0.3, -0.25) is 4.79 Å². The van der Waals surface area contributed by atoms with Crippen molar-refractivity contribution in [2.24, 2.45) is 0 Å². The lowest BCUT2D eigenvalue weighted by Gasteiger charge is -2.06. The minimum atomic E-state index is -0.0875. The second-order valence-corrected chi connectivity index (χ2v) is 3.99. The summed E-state index contributed by atoms with van der Waals surface area (Å²) in [5.74, 6) is -0.0875. The van der Waals surface area contributed by atoms with Crippen LogP contribution in [0.4, 0.5) is 5.69 Å². The molecule has 76 valence electrons. The molecule has 1 aromatic rings. The van der Waals surface area contributed by atoms with E-state index in [1.54, 1.807) is 25.2 Å². The van der Waals surface area contributed by atoms with Gasteiger partial charge in [0.25, 0.3) is 0 Å². The van der Waals surface area contributed by atoms with Crippen molar-refractivity contribution in [3.8, 4) is 0 Å². The molecule has 0 unspecified atom stereocenters. The van der Waals surface area contributed by atoms with E-state index in [9.17, 15) is 4.79 Å². The quantitative estimate of drug-likeness (QED) is 0.890. The summed E-state index contributed by atoms with van der Waals surface area (Å²) in [6, 6.07) is 5.21. The largest absolute Gasteiger partial charge is 0.324 e. The molecule has 3 nitrogen and oxygen atoms in total. The van der Waals surface area contributed by atoms with Crippen LogP contribution < -0.4 is 10.6 Å². The van der Waals surface area contributed by atoms with Crippen molar-refractivity contribution in [1.82, 2.24) is 5.32 Å². The molecule has 1 aromatic carbocycles. The van der Waals surface area contributed by atoms with Gasteiger partial charge in [0.2, 0.25) is 5.91 Å². The first-order valence-corrected chi connectivity index (χ1v) is 5.20. The van der Waals surface area contributed by atoms with Gasteiger partial charge in [-0.25, -0.2) is 0 Å². The van der Waals surface area contributed by atoms with E-state index < -0.39 is 0 Å². The van der Waals surface area contributed by atoms with Crippen LogP contribution in [0.3, 0.4) is 0 Å². The molecule has 14 heavy (non-hydrogen) atoms. The minimum Gasteiger partial charge on any atom is -0.324 e. The Morgan fingerprint density at radius 1 is 1.57 bits per heavy atom. The summed E-state index contributed by atoms with van der Waals surface area (Å²) in [4.78, 5) is 11.2. The van der Waals surface area contributed by atoms with E-state index in [2.05, 4.69) is 26.6 Å². The average molecular weight is 278 g/mol. The third kappa shape index (κ3) is 3.29. The van der Waals surface area contributed by atoms with Crippen molar-refractivity contribution in [3.63, 3.8) is 0 Å². The van der Waals surface area contributed by atoms with Crippen molar-refractivity contribution >= 4 is 39.1 Å². The van der Waals surface area contributed by atoms with Crippen LogP contribution in [0.2, 0.25) is 5.02 Å². The van der Waals surface area contributed by atoms with E-state index in [-0.39, 0.29) is 12.5 Å². The summed E-state index contributed by atoms with van der Waals surface area (Å²) in [6.45, 7) is 0.287. The molecule has 0 fully saturated rings. The molecule has 0 aliphatic heterocycles. The lowest BCUT2D eigenvalue weighted by atomic mass is 10.3. The fraction of sp³-hybridized carbons (Fsp3) is 0.222. The third-order valence-corrected chi connectivity index (χ3v) is 2.43. The van der Waals surface area contributed by atoms with Crippen molar-refractivity contribution < 1.29 is 4.79 Å². The number of carbonyl (C=O) groups excluding carboxylic acids is 1. The Bertz CT molecular complexity index is 344. The van der Waals surface area contributed by atoms with Crippen molar-refractivity contribution in [1.29, 1.82) is 0 Å². The lowest BCUT2D eigenvalue weighted by Crippen LogP contribution is -2.25. The topological polar surface area (TPSA) is 41.1 Å². The zero-order valence-corrected chi connectivity index (χ0v) is 9.95. The zero-order valence-electron chi connectivity index (χ0n) is 7.60. The molecule has 2 N–H and O–H groups in total. The number of likely N-dealkylation sites (N-methyl/N-ethyl adjacent to an activating group) is 1. The van der Waals surface area contributed by atoms with Gasteiger partial charge >= 0.3 is 0 Å². The predicted octanol–water partition coefficient (Wildman–Crippen LogP) is 2.26. The number of carbonyl (C=O) groups is 1. The van der Waals surface area contributed by atoms with Crippen LogP contribution in [0.5, 0.6) is 0 Å². The lowest BCUT2D eigenvalue weighted by molar-refractivity contribution is -0.115. The van der Waals surface area contributed by atoms with Crippen LogP contribution in [0, 0.1) is 0 Å². The maximum absolute atomic E-state index is 11.2. The highest BCUT2D eigenvalue weighted by molar-refractivity contribution is 9.10. The number of amides is 1. The predicted molar refractivity (Wildman–Crippen MR) is 61.7 cm³/mol. The van der Waals surface area contributed by atoms with Crippen molar-refractivity contribution in [2.45, 2.75) is 0 Å². The second-order valence-electron chi connectivity index (χ2n) is 2.70. The van der Waals surface area contributed by atoms with E-state index >= 15 is 0 Å². The van der Waals surface area contributed by atoms with Crippen LogP contribution >= 0.6 is 27.5 Å². The molecular weight excluding hydrogens is 267 g/mol. The normalized spacial score (nSPS) is 9.93. The molecule has 0 atom stereocenters. The molecule has 0 saturated carbocycles. The first-order chi connectivity index (χ1) is 6.63. The van der Waals surface area contributed by atoms with Crippen molar-refractivity contribution in [3.05, 3.63) is 27.7 Å². The fourth-order valence-corrected chi connectivity index (χ4v) is 1.73. The summed E-state index contributed by atoms with van der Waals surface area (Å²) in [5, 5.41) is 6.12. The minimum absolute atomic E-state index is 0.0875. The van der Waals surface area contributed by atoms with E-state index in [1.807, 2.05) is 0 Å². The van der Waals surface area contributed by atoms with Crippen molar-refractivity contribution in [2.75, 3.05) is 18.9 Å². The highest BCUT2D eigenvalue weighted by Gasteiger charge is 2.04.